The van der Waals surface area contributed by atoms with Crippen LogP contribution < -0.4 is 9.47 Å². The quantitative estimate of drug-likeness (QED) is 0.658. The normalized spacial score (nSPS) is 10.6. The molecule has 0 amide bonds. The third-order valence-electron chi connectivity index (χ3n) is 3.54. The first kappa shape index (κ1) is 19.5. The molecule has 25 heavy (non-hydrogen) atoms. The van der Waals surface area contributed by atoms with E-state index in [9.17, 15) is 0 Å². The summed E-state index contributed by atoms with van der Waals surface area (Å²) in [6, 6.07) is 3.59. The van der Waals surface area contributed by atoms with E-state index in [2.05, 4.69) is 16.5 Å². The molecule has 134 valence electrons. The van der Waals surface area contributed by atoms with E-state index in [0.29, 0.717) is 46.8 Å². The predicted octanol–water partition coefficient (Wildman–Crippen LogP) is 4.20. The van der Waals surface area contributed by atoms with E-state index in [-0.39, 0.29) is 6.61 Å². The molecule has 0 spiro atoms. The molecule has 0 bridgehead atoms. The average Bonchev–Trinajstić information content (AvgIpc) is 2.61. The molecule has 2 rings (SSSR count). The molecule has 0 aliphatic rings. The number of allylic oxidation sites excluding steroid dienone is 1. The van der Waals surface area contributed by atoms with E-state index >= 15 is 0 Å². The molecule has 0 saturated carbocycles. The molecule has 2 aromatic heterocycles. The molecule has 2 heterocycles. The summed E-state index contributed by atoms with van der Waals surface area (Å²) < 4.78 is 10.9. The van der Waals surface area contributed by atoms with Gasteiger partial charge >= 0.3 is 0 Å². The van der Waals surface area contributed by atoms with Crippen molar-refractivity contribution in [2.45, 2.75) is 19.3 Å². The number of pyridine rings is 2. The molecule has 2 aromatic rings. The third-order valence-corrected chi connectivity index (χ3v) is 4.19. The van der Waals surface area contributed by atoms with Crippen molar-refractivity contribution in [3.05, 3.63) is 52.4 Å². The molecule has 0 aliphatic heterocycles. The van der Waals surface area contributed by atoms with Crippen LogP contribution in [0.4, 0.5) is 0 Å². The van der Waals surface area contributed by atoms with Gasteiger partial charge in [0.05, 0.1) is 29.5 Å². The summed E-state index contributed by atoms with van der Waals surface area (Å²) in [7, 11) is 1.56. The van der Waals surface area contributed by atoms with Crippen molar-refractivity contribution in [2.24, 2.45) is 0 Å². The molecule has 0 aliphatic carbocycles. The second-order valence-corrected chi connectivity index (χ2v) is 6.16. The van der Waals surface area contributed by atoms with Gasteiger partial charge in [-0.05, 0) is 36.1 Å². The van der Waals surface area contributed by atoms with Crippen molar-refractivity contribution in [2.75, 3.05) is 20.3 Å². The number of hydrogen-bond donors (Lipinski definition) is 1. The third kappa shape index (κ3) is 5.33. The Morgan fingerprint density at radius 1 is 1.20 bits per heavy atom. The molecule has 1 N–H and O–H groups in total. The number of aliphatic hydroxyl groups is 1. The maximum Gasteiger partial charge on any atom is 0.257 e. The van der Waals surface area contributed by atoms with Crippen molar-refractivity contribution >= 4 is 28.8 Å². The Labute approximate surface area is 157 Å². The Morgan fingerprint density at radius 3 is 2.56 bits per heavy atom. The van der Waals surface area contributed by atoms with E-state index in [4.69, 9.17) is 37.8 Å². The van der Waals surface area contributed by atoms with E-state index in [1.807, 2.05) is 6.07 Å². The van der Waals surface area contributed by atoms with E-state index in [1.54, 1.807) is 25.6 Å². The predicted molar refractivity (Wildman–Crippen MR) is 99.6 cm³/mol. The standard InChI is InChI=1S/C18H20Cl2N2O3/c1-12(9-13-14(19)10-21-11-15(13)20)16-5-6-17(24-2)18(22-16)25-8-4-3-7-23/h5-6,10-11,23H,1,3-4,7-9H2,2H3. The van der Waals surface area contributed by atoms with Gasteiger partial charge in [0.15, 0.2) is 5.75 Å². The monoisotopic (exact) mass is 382 g/mol. The van der Waals surface area contributed by atoms with Gasteiger partial charge in [0.2, 0.25) is 0 Å². The van der Waals surface area contributed by atoms with E-state index in [1.165, 1.54) is 0 Å². The first-order valence-electron chi connectivity index (χ1n) is 7.81. The van der Waals surface area contributed by atoms with Crippen molar-refractivity contribution in [1.82, 2.24) is 9.97 Å². The summed E-state index contributed by atoms with van der Waals surface area (Å²) in [5.41, 5.74) is 2.17. The number of hydrogen-bond acceptors (Lipinski definition) is 5. The summed E-state index contributed by atoms with van der Waals surface area (Å²) in [6.45, 7) is 4.66. The maximum absolute atomic E-state index is 8.83. The summed E-state index contributed by atoms with van der Waals surface area (Å²) in [5, 5.41) is 9.81. The van der Waals surface area contributed by atoms with Gasteiger partial charge in [-0.2, -0.15) is 0 Å². The lowest BCUT2D eigenvalue weighted by molar-refractivity contribution is 0.242. The van der Waals surface area contributed by atoms with Crippen LogP contribution in [0.25, 0.3) is 5.57 Å². The second-order valence-electron chi connectivity index (χ2n) is 5.35. The lowest BCUT2D eigenvalue weighted by Gasteiger charge is -2.13. The number of aromatic nitrogens is 2. The van der Waals surface area contributed by atoms with Crippen LogP contribution in [0.5, 0.6) is 11.6 Å². The summed E-state index contributed by atoms with van der Waals surface area (Å²) in [4.78, 5) is 8.43. The molecule has 5 nitrogen and oxygen atoms in total. The maximum atomic E-state index is 8.83. The fourth-order valence-electron chi connectivity index (χ4n) is 2.18. The Hall–Kier alpha value is -1.82. The summed E-state index contributed by atoms with van der Waals surface area (Å²) in [5.74, 6) is 0.937. The van der Waals surface area contributed by atoms with Gasteiger partial charge in [0.25, 0.3) is 5.88 Å². The lowest BCUT2D eigenvalue weighted by atomic mass is 10.0. The van der Waals surface area contributed by atoms with Crippen molar-refractivity contribution in [3.63, 3.8) is 0 Å². The molecule has 0 radical (unpaired) electrons. The molecule has 0 atom stereocenters. The number of halogens is 2. The first-order chi connectivity index (χ1) is 12.1. The minimum absolute atomic E-state index is 0.137. The van der Waals surface area contributed by atoms with Crippen LogP contribution in [0.1, 0.15) is 24.1 Å². The number of nitrogens with zero attached hydrogens (tertiary/aromatic N) is 2. The molecule has 0 unspecified atom stereocenters. The van der Waals surface area contributed by atoms with Crippen molar-refractivity contribution in [1.29, 1.82) is 0 Å². The van der Waals surface area contributed by atoms with Gasteiger partial charge in [0.1, 0.15) is 0 Å². The molecule has 0 saturated heterocycles. The van der Waals surface area contributed by atoms with Crippen LogP contribution in [0.15, 0.2) is 31.1 Å². The topological polar surface area (TPSA) is 64.5 Å². The smallest absolute Gasteiger partial charge is 0.257 e. The zero-order chi connectivity index (χ0) is 18.2. The highest BCUT2D eigenvalue weighted by Crippen LogP contribution is 2.31. The minimum Gasteiger partial charge on any atom is -0.491 e. The first-order valence-corrected chi connectivity index (χ1v) is 8.57. The van der Waals surface area contributed by atoms with Crippen LogP contribution in [0.3, 0.4) is 0 Å². The molecule has 7 heteroatoms. The molecular formula is C18H20Cl2N2O3. The fourth-order valence-corrected chi connectivity index (χ4v) is 2.68. The lowest BCUT2D eigenvalue weighted by Crippen LogP contribution is -2.04. The van der Waals surface area contributed by atoms with Gasteiger partial charge < -0.3 is 14.6 Å². The van der Waals surface area contributed by atoms with Gasteiger partial charge in [0, 0.05) is 25.4 Å². The molecular weight excluding hydrogens is 363 g/mol. The number of rotatable bonds is 9. The average molecular weight is 383 g/mol. The van der Waals surface area contributed by atoms with Crippen LogP contribution in [-0.4, -0.2) is 35.4 Å². The number of methoxy groups -OCH3 is 1. The Morgan fingerprint density at radius 2 is 1.92 bits per heavy atom. The van der Waals surface area contributed by atoms with Gasteiger partial charge in [-0.15, -0.1) is 0 Å². The highest BCUT2D eigenvalue weighted by molar-refractivity contribution is 6.35. The van der Waals surface area contributed by atoms with Gasteiger partial charge in [-0.1, -0.05) is 29.8 Å². The summed E-state index contributed by atoms with van der Waals surface area (Å²) >= 11 is 12.3. The van der Waals surface area contributed by atoms with Crippen molar-refractivity contribution in [3.8, 4) is 11.6 Å². The van der Waals surface area contributed by atoms with Crippen LogP contribution in [0, 0.1) is 0 Å². The Balaban J connectivity index is 2.16. The van der Waals surface area contributed by atoms with Crippen LogP contribution >= 0.6 is 23.2 Å². The zero-order valence-electron chi connectivity index (χ0n) is 14.0. The van der Waals surface area contributed by atoms with E-state index < -0.39 is 0 Å². The molecule has 0 aromatic carbocycles. The second kappa shape index (κ2) is 9.61. The highest BCUT2D eigenvalue weighted by atomic mass is 35.5. The highest BCUT2D eigenvalue weighted by Gasteiger charge is 2.13. The Kier molecular flexibility index (Phi) is 7.50. The number of unbranched alkanes of at least 4 members (excludes halogenated alkanes) is 1. The Bertz CT molecular complexity index is 718. The van der Waals surface area contributed by atoms with Crippen LogP contribution in [-0.2, 0) is 6.42 Å². The fraction of sp³-hybridized carbons (Fsp3) is 0.333. The van der Waals surface area contributed by atoms with Gasteiger partial charge in [-0.3, -0.25) is 4.98 Å². The van der Waals surface area contributed by atoms with Gasteiger partial charge in [-0.25, -0.2) is 4.98 Å². The number of ether oxygens (including phenoxy) is 2. The SMILES string of the molecule is C=C(Cc1c(Cl)cncc1Cl)c1ccc(OC)c(OCCCCO)n1. The van der Waals surface area contributed by atoms with E-state index in [0.717, 1.165) is 17.6 Å². The zero-order valence-corrected chi connectivity index (χ0v) is 15.5. The number of aliphatic hydroxyl groups excluding tert-OH is 1. The van der Waals surface area contributed by atoms with Crippen LogP contribution in [0.2, 0.25) is 10.0 Å². The largest absolute Gasteiger partial charge is 0.491 e. The minimum atomic E-state index is 0.137. The summed E-state index contributed by atoms with van der Waals surface area (Å²) in [6.07, 6.45) is 4.95. The molecule has 0 fully saturated rings. The van der Waals surface area contributed by atoms with Crippen molar-refractivity contribution < 1.29 is 14.6 Å².